The number of amides is 1. The van der Waals surface area contributed by atoms with Crippen molar-refractivity contribution in [3.63, 3.8) is 0 Å². The van der Waals surface area contributed by atoms with Crippen molar-refractivity contribution >= 4 is 74.1 Å². The third kappa shape index (κ3) is 4.43. The number of benzene rings is 2. The van der Waals surface area contributed by atoms with Gasteiger partial charge in [0.2, 0.25) is 5.91 Å². The number of carbonyl (C=O) groups excluding carboxylic acids is 1. The highest BCUT2D eigenvalue weighted by Crippen LogP contribution is 2.31. The van der Waals surface area contributed by atoms with Gasteiger partial charge in [-0.3, -0.25) is 4.79 Å². The van der Waals surface area contributed by atoms with E-state index in [0.29, 0.717) is 5.02 Å². The molecule has 0 saturated heterocycles. The number of aromatic nitrogens is 1. The number of rotatable bonds is 5. The molecule has 25 heavy (non-hydrogen) atoms. The number of fused-ring (bicyclic) bond motifs is 1. The van der Waals surface area contributed by atoms with Crippen LogP contribution >= 0.6 is 46.3 Å². The van der Waals surface area contributed by atoms with Crippen LogP contribution in [0, 0.1) is 0 Å². The fraction of sp³-hybridized carbons (Fsp3) is 0.0625. The highest BCUT2D eigenvalue weighted by Gasteiger charge is 2.12. The minimum atomic E-state index is -1.09. The molecule has 9 heteroatoms. The van der Waals surface area contributed by atoms with Crippen LogP contribution < -0.4 is 5.32 Å². The zero-order valence-electron chi connectivity index (χ0n) is 12.5. The summed E-state index contributed by atoms with van der Waals surface area (Å²) >= 11 is 14.7. The molecule has 0 bridgehead atoms. The van der Waals surface area contributed by atoms with Gasteiger partial charge in [0.1, 0.15) is 0 Å². The Labute approximate surface area is 161 Å². The van der Waals surface area contributed by atoms with Gasteiger partial charge in [-0.1, -0.05) is 35.0 Å². The van der Waals surface area contributed by atoms with E-state index in [1.807, 2.05) is 6.07 Å². The van der Waals surface area contributed by atoms with E-state index in [2.05, 4.69) is 10.3 Å². The monoisotopic (exact) mass is 412 g/mol. The second-order valence-electron chi connectivity index (χ2n) is 4.93. The summed E-state index contributed by atoms with van der Waals surface area (Å²) in [6.45, 7) is 0. The Morgan fingerprint density at radius 2 is 2.00 bits per heavy atom. The van der Waals surface area contributed by atoms with E-state index in [1.165, 1.54) is 41.3 Å². The van der Waals surface area contributed by atoms with E-state index >= 15 is 0 Å². The Kier molecular flexibility index (Phi) is 5.48. The van der Waals surface area contributed by atoms with Gasteiger partial charge in [-0.05, 0) is 36.4 Å². The van der Waals surface area contributed by atoms with Crippen LogP contribution in [-0.2, 0) is 4.79 Å². The summed E-state index contributed by atoms with van der Waals surface area (Å²) in [5.74, 6) is -1.26. The minimum Gasteiger partial charge on any atom is -0.478 e. The molecule has 2 aromatic carbocycles. The normalized spacial score (nSPS) is 10.8. The molecular weight excluding hydrogens is 403 g/mol. The first kappa shape index (κ1) is 18.0. The number of hydrogen-bond acceptors (Lipinski definition) is 5. The van der Waals surface area contributed by atoms with Gasteiger partial charge in [0.15, 0.2) is 4.34 Å². The van der Waals surface area contributed by atoms with Crippen LogP contribution in [0.3, 0.4) is 0 Å². The number of carboxylic acid groups (broad SMARTS) is 1. The number of aromatic carboxylic acids is 1. The molecule has 0 radical (unpaired) electrons. The van der Waals surface area contributed by atoms with Crippen molar-refractivity contribution in [2.45, 2.75) is 4.34 Å². The predicted octanol–water partition coefficient (Wildman–Crippen LogP) is 5.03. The molecule has 128 valence electrons. The Balaban J connectivity index is 1.66. The fourth-order valence-electron chi connectivity index (χ4n) is 2.01. The number of carboxylic acids is 1. The van der Waals surface area contributed by atoms with Gasteiger partial charge in [-0.15, -0.1) is 11.3 Å². The van der Waals surface area contributed by atoms with Crippen molar-refractivity contribution in [2.24, 2.45) is 0 Å². The van der Waals surface area contributed by atoms with Crippen molar-refractivity contribution in [3.8, 4) is 0 Å². The summed E-state index contributed by atoms with van der Waals surface area (Å²) in [6, 6.07) is 9.59. The van der Waals surface area contributed by atoms with E-state index in [1.54, 1.807) is 12.1 Å². The lowest BCUT2D eigenvalue weighted by Gasteiger charge is -2.07. The van der Waals surface area contributed by atoms with Gasteiger partial charge >= 0.3 is 5.97 Å². The molecule has 5 nitrogen and oxygen atoms in total. The molecule has 0 aliphatic carbocycles. The zero-order chi connectivity index (χ0) is 18.0. The summed E-state index contributed by atoms with van der Waals surface area (Å²) in [6.07, 6.45) is 0. The van der Waals surface area contributed by atoms with Gasteiger partial charge in [0.05, 0.1) is 32.2 Å². The molecule has 0 atom stereocenters. The average Bonchev–Trinajstić information content (AvgIpc) is 2.96. The molecule has 0 aliphatic heterocycles. The zero-order valence-corrected chi connectivity index (χ0v) is 15.6. The molecule has 1 heterocycles. The van der Waals surface area contributed by atoms with Gasteiger partial charge in [-0.2, -0.15) is 0 Å². The highest BCUT2D eigenvalue weighted by atomic mass is 35.5. The van der Waals surface area contributed by atoms with Crippen LogP contribution in [-0.4, -0.2) is 27.7 Å². The maximum absolute atomic E-state index is 12.1. The maximum atomic E-state index is 12.1. The smallest absolute Gasteiger partial charge is 0.335 e. The molecular formula is C16H10Cl2N2O3S2. The van der Waals surface area contributed by atoms with Crippen LogP contribution in [0.5, 0.6) is 0 Å². The van der Waals surface area contributed by atoms with E-state index in [4.69, 9.17) is 28.3 Å². The maximum Gasteiger partial charge on any atom is 0.335 e. The van der Waals surface area contributed by atoms with Crippen LogP contribution in [0.4, 0.5) is 5.69 Å². The lowest BCUT2D eigenvalue weighted by molar-refractivity contribution is -0.113. The van der Waals surface area contributed by atoms with Crippen LogP contribution in [0.2, 0.25) is 10.0 Å². The minimum absolute atomic E-state index is 0.0513. The Hall–Kier alpha value is -1.80. The SMILES string of the molecule is O=C(CSc1nc2cc(Cl)ccc2s1)Nc1cc(C(=O)O)ccc1Cl. The Morgan fingerprint density at radius 3 is 2.76 bits per heavy atom. The van der Waals surface area contributed by atoms with Gasteiger partial charge < -0.3 is 10.4 Å². The molecule has 2 N–H and O–H groups in total. The quantitative estimate of drug-likeness (QED) is 0.574. The summed E-state index contributed by atoms with van der Waals surface area (Å²) in [5.41, 5.74) is 1.11. The van der Waals surface area contributed by atoms with Crippen LogP contribution in [0.25, 0.3) is 10.2 Å². The fourth-order valence-corrected chi connectivity index (χ4v) is 4.19. The second kappa shape index (κ2) is 7.61. The number of thioether (sulfide) groups is 1. The topological polar surface area (TPSA) is 79.3 Å². The number of anilines is 1. The first-order valence-corrected chi connectivity index (χ1v) is 9.50. The highest BCUT2D eigenvalue weighted by molar-refractivity contribution is 8.01. The van der Waals surface area contributed by atoms with Gasteiger partial charge in [0.25, 0.3) is 0 Å². The average molecular weight is 413 g/mol. The first-order chi connectivity index (χ1) is 11.9. The molecule has 3 rings (SSSR count). The number of halogens is 2. The Bertz CT molecular complexity index is 975. The lowest BCUT2D eigenvalue weighted by Crippen LogP contribution is -2.14. The van der Waals surface area contributed by atoms with E-state index in [-0.39, 0.29) is 27.9 Å². The summed E-state index contributed by atoms with van der Waals surface area (Å²) in [5, 5.41) is 12.5. The first-order valence-electron chi connectivity index (χ1n) is 6.94. The summed E-state index contributed by atoms with van der Waals surface area (Å²) in [7, 11) is 0. The molecule has 1 amide bonds. The molecule has 0 fully saturated rings. The van der Waals surface area contributed by atoms with Gasteiger partial charge in [-0.25, -0.2) is 9.78 Å². The summed E-state index contributed by atoms with van der Waals surface area (Å²) in [4.78, 5) is 27.5. The lowest BCUT2D eigenvalue weighted by atomic mass is 10.2. The molecule has 0 unspecified atom stereocenters. The number of nitrogens with one attached hydrogen (secondary N) is 1. The van der Waals surface area contributed by atoms with Crippen molar-refractivity contribution in [1.29, 1.82) is 0 Å². The number of hydrogen-bond donors (Lipinski definition) is 2. The van der Waals surface area contributed by atoms with E-state index < -0.39 is 5.97 Å². The largest absolute Gasteiger partial charge is 0.478 e. The van der Waals surface area contributed by atoms with Crippen molar-refractivity contribution in [2.75, 3.05) is 11.1 Å². The van der Waals surface area contributed by atoms with Crippen molar-refractivity contribution in [1.82, 2.24) is 4.98 Å². The summed E-state index contributed by atoms with van der Waals surface area (Å²) < 4.78 is 1.74. The Morgan fingerprint density at radius 1 is 1.20 bits per heavy atom. The third-order valence-corrected chi connectivity index (χ3v) is 5.89. The van der Waals surface area contributed by atoms with E-state index in [9.17, 15) is 9.59 Å². The standard InChI is InChI=1S/C16H10Cl2N2O3S2/c17-9-2-4-13-12(6-9)20-16(25-13)24-7-14(21)19-11-5-8(15(22)23)1-3-10(11)18/h1-6H,7H2,(H,19,21)(H,22,23). The van der Waals surface area contributed by atoms with Crippen molar-refractivity contribution < 1.29 is 14.7 Å². The van der Waals surface area contributed by atoms with Crippen molar-refractivity contribution in [3.05, 3.63) is 52.0 Å². The molecule has 0 spiro atoms. The number of thiazole rings is 1. The van der Waals surface area contributed by atoms with E-state index in [0.717, 1.165) is 14.6 Å². The molecule has 0 aliphatic rings. The third-order valence-electron chi connectivity index (χ3n) is 3.14. The predicted molar refractivity (Wildman–Crippen MR) is 102 cm³/mol. The second-order valence-corrected chi connectivity index (χ2v) is 8.03. The van der Waals surface area contributed by atoms with Crippen LogP contribution in [0.15, 0.2) is 40.7 Å². The molecule has 0 saturated carbocycles. The van der Waals surface area contributed by atoms with Gasteiger partial charge in [0, 0.05) is 5.02 Å². The number of nitrogens with zero attached hydrogens (tertiary/aromatic N) is 1. The number of carbonyl (C=O) groups is 2. The van der Waals surface area contributed by atoms with Crippen LogP contribution in [0.1, 0.15) is 10.4 Å². The molecule has 1 aromatic heterocycles. The molecule has 3 aromatic rings.